The highest BCUT2D eigenvalue weighted by Crippen LogP contribution is 2.27. The van der Waals surface area contributed by atoms with E-state index in [1.807, 2.05) is 6.07 Å². The number of rotatable bonds is 8. The van der Waals surface area contributed by atoms with Crippen LogP contribution in [-0.4, -0.2) is 26.7 Å². The summed E-state index contributed by atoms with van der Waals surface area (Å²) in [7, 11) is 0. The number of nitrogens with zero attached hydrogens (tertiary/aromatic N) is 3. The molecule has 3 aromatic rings. The maximum Gasteiger partial charge on any atom is 0.356 e. The van der Waals surface area contributed by atoms with E-state index in [1.54, 1.807) is 24.3 Å². The summed E-state index contributed by atoms with van der Waals surface area (Å²) in [4.78, 5) is 42.6. The number of benzene rings is 2. The minimum absolute atomic E-state index is 0.0645. The van der Waals surface area contributed by atoms with E-state index in [4.69, 9.17) is 11.6 Å². The number of aromatic nitrogens is 2. The van der Waals surface area contributed by atoms with Crippen molar-refractivity contribution >= 4 is 40.7 Å². The molecule has 0 saturated carbocycles. The Labute approximate surface area is 180 Å². The van der Waals surface area contributed by atoms with E-state index in [1.165, 1.54) is 24.3 Å². The average Bonchev–Trinajstić information content (AvgIpc) is 2.77. The van der Waals surface area contributed by atoms with Crippen molar-refractivity contribution in [2.24, 2.45) is 0 Å². The zero-order valence-electron chi connectivity index (χ0n) is 15.8. The highest BCUT2D eigenvalue weighted by atomic mass is 35.5. The molecular weight excluding hydrogens is 426 g/mol. The van der Waals surface area contributed by atoms with Gasteiger partial charge < -0.3 is 0 Å². The molecule has 0 aliphatic carbocycles. The lowest BCUT2D eigenvalue weighted by atomic mass is 10.1. The Bertz CT molecular complexity index is 1090. The topological polar surface area (TPSA) is 151 Å². The van der Waals surface area contributed by atoms with Crippen molar-refractivity contribution in [3.8, 4) is 0 Å². The number of hydrazine groups is 2. The van der Waals surface area contributed by atoms with Gasteiger partial charge >= 0.3 is 5.69 Å². The van der Waals surface area contributed by atoms with Crippen LogP contribution in [0.25, 0.3) is 0 Å². The zero-order valence-corrected chi connectivity index (χ0v) is 16.6. The summed E-state index contributed by atoms with van der Waals surface area (Å²) in [6, 6.07) is 15.0. The minimum Gasteiger partial charge on any atom is -0.276 e. The van der Waals surface area contributed by atoms with Crippen LogP contribution in [0.5, 0.6) is 0 Å². The second kappa shape index (κ2) is 9.98. The first-order valence-corrected chi connectivity index (χ1v) is 9.22. The molecule has 11 nitrogen and oxygen atoms in total. The lowest BCUT2D eigenvalue weighted by Gasteiger charge is -2.11. The van der Waals surface area contributed by atoms with Crippen LogP contribution < -0.4 is 21.7 Å². The molecule has 3 rings (SSSR count). The van der Waals surface area contributed by atoms with Gasteiger partial charge in [-0.05, 0) is 29.8 Å². The number of halogens is 1. The van der Waals surface area contributed by atoms with Gasteiger partial charge in [0.05, 0.1) is 11.3 Å². The average molecular weight is 442 g/mol. The van der Waals surface area contributed by atoms with E-state index in [2.05, 4.69) is 31.7 Å². The second-order valence-electron chi connectivity index (χ2n) is 6.10. The zero-order chi connectivity index (χ0) is 22.2. The molecule has 0 aliphatic heterocycles. The molecule has 1 heterocycles. The molecule has 12 heteroatoms. The Balaban J connectivity index is 1.67. The van der Waals surface area contributed by atoms with Crippen molar-refractivity contribution in [2.45, 2.75) is 6.42 Å². The van der Waals surface area contributed by atoms with E-state index < -0.39 is 22.4 Å². The summed E-state index contributed by atoms with van der Waals surface area (Å²) >= 11 is 5.78. The summed E-state index contributed by atoms with van der Waals surface area (Å²) in [6.45, 7) is 0. The highest BCUT2D eigenvalue weighted by molar-refractivity contribution is 6.30. The fourth-order valence-corrected chi connectivity index (χ4v) is 2.60. The van der Waals surface area contributed by atoms with Crippen molar-refractivity contribution in [3.05, 3.63) is 87.2 Å². The third kappa shape index (κ3) is 5.87. The third-order valence-corrected chi connectivity index (χ3v) is 4.19. The van der Waals surface area contributed by atoms with Crippen molar-refractivity contribution in [2.75, 3.05) is 10.9 Å². The van der Waals surface area contributed by atoms with Crippen LogP contribution in [0.4, 0.5) is 17.3 Å². The van der Waals surface area contributed by atoms with E-state index in [9.17, 15) is 19.7 Å². The molecule has 0 unspecified atom stereocenters. The number of hydrogen-bond donors (Lipinski definition) is 4. The van der Waals surface area contributed by atoms with Crippen LogP contribution in [0.15, 0.2) is 60.9 Å². The van der Waals surface area contributed by atoms with Crippen LogP contribution in [0.2, 0.25) is 5.02 Å². The molecule has 2 amide bonds. The molecular formula is C19H16ClN7O4. The summed E-state index contributed by atoms with van der Waals surface area (Å²) < 4.78 is 0. The summed E-state index contributed by atoms with van der Waals surface area (Å²) in [5.74, 6) is -1.52. The second-order valence-corrected chi connectivity index (χ2v) is 6.53. The molecule has 0 aliphatic rings. The quantitative estimate of drug-likeness (QED) is 0.307. The first-order chi connectivity index (χ1) is 14.9. The van der Waals surface area contributed by atoms with Gasteiger partial charge in [-0.2, -0.15) is 0 Å². The van der Waals surface area contributed by atoms with Gasteiger partial charge in [0.2, 0.25) is 17.5 Å². The number of nitrogens with one attached hydrogen (secondary N) is 4. The summed E-state index contributed by atoms with van der Waals surface area (Å²) in [6.07, 6.45) is 1.10. The number of carbonyl (C=O) groups is 2. The van der Waals surface area contributed by atoms with Gasteiger partial charge in [0.1, 0.15) is 6.33 Å². The normalized spacial score (nSPS) is 10.1. The van der Waals surface area contributed by atoms with Crippen LogP contribution in [0.1, 0.15) is 15.9 Å². The Morgan fingerprint density at radius 2 is 1.55 bits per heavy atom. The monoisotopic (exact) mass is 441 g/mol. The van der Waals surface area contributed by atoms with Gasteiger partial charge in [-0.3, -0.25) is 41.4 Å². The minimum atomic E-state index is -0.748. The molecule has 1 aromatic heterocycles. The fourth-order valence-electron chi connectivity index (χ4n) is 2.48. The maximum atomic E-state index is 12.2. The molecule has 0 bridgehead atoms. The molecule has 0 fully saturated rings. The number of nitro groups is 1. The molecule has 0 saturated heterocycles. The van der Waals surface area contributed by atoms with Crippen molar-refractivity contribution in [3.63, 3.8) is 0 Å². The number of carbonyl (C=O) groups excluding carboxylic acids is 2. The Morgan fingerprint density at radius 1 is 0.935 bits per heavy atom. The molecule has 0 atom stereocenters. The molecule has 0 spiro atoms. The maximum absolute atomic E-state index is 12.2. The van der Waals surface area contributed by atoms with E-state index >= 15 is 0 Å². The lowest BCUT2D eigenvalue weighted by molar-refractivity contribution is -0.383. The van der Waals surface area contributed by atoms with Crippen LogP contribution >= 0.6 is 11.6 Å². The first kappa shape index (κ1) is 21.5. The van der Waals surface area contributed by atoms with Crippen molar-refractivity contribution in [1.29, 1.82) is 0 Å². The fraction of sp³-hybridized carbons (Fsp3) is 0.0526. The van der Waals surface area contributed by atoms with Gasteiger partial charge in [0, 0.05) is 10.6 Å². The predicted octanol–water partition coefficient (Wildman–Crippen LogP) is 2.48. The molecule has 2 aromatic carbocycles. The third-order valence-electron chi connectivity index (χ3n) is 3.93. The van der Waals surface area contributed by atoms with E-state index in [0.29, 0.717) is 5.02 Å². The summed E-state index contributed by atoms with van der Waals surface area (Å²) in [5.41, 5.74) is 9.96. The van der Waals surface area contributed by atoms with Crippen LogP contribution in [0.3, 0.4) is 0 Å². The van der Waals surface area contributed by atoms with Crippen LogP contribution in [0, 0.1) is 10.1 Å². The van der Waals surface area contributed by atoms with Crippen LogP contribution in [-0.2, 0) is 11.2 Å². The number of anilines is 2. The number of hydrogen-bond acceptors (Lipinski definition) is 8. The van der Waals surface area contributed by atoms with Gasteiger partial charge in [0.15, 0.2) is 0 Å². The number of amides is 2. The predicted molar refractivity (Wildman–Crippen MR) is 113 cm³/mol. The standard InChI is InChI=1S/C19H16ClN7O4/c20-14-8-6-13(7-9-14)19(29)26-25-18-16(27(30)31)17(21-11-22-18)24-23-15(28)10-12-4-2-1-3-5-12/h1-9,11H,10H2,(H,23,28)(H,26,29)(H2,21,22,24,25). The van der Waals surface area contributed by atoms with Gasteiger partial charge in [-0.25, -0.2) is 9.97 Å². The lowest BCUT2D eigenvalue weighted by Crippen LogP contribution is -2.32. The van der Waals surface area contributed by atoms with Crippen molar-refractivity contribution < 1.29 is 14.5 Å². The highest BCUT2D eigenvalue weighted by Gasteiger charge is 2.24. The Morgan fingerprint density at radius 3 is 2.16 bits per heavy atom. The smallest absolute Gasteiger partial charge is 0.276 e. The Kier molecular flexibility index (Phi) is 6.91. The van der Waals surface area contributed by atoms with Crippen molar-refractivity contribution in [1.82, 2.24) is 20.8 Å². The largest absolute Gasteiger partial charge is 0.356 e. The van der Waals surface area contributed by atoms with Gasteiger partial charge in [-0.15, -0.1) is 0 Å². The van der Waals surface area contributed by atoms with Gasteiger partial charge in [-0.1, -0.05) is 41.9 Å². The molecule has 4 N–H and O–H groups in total. The van der Waals surface area contributed by atoms with E-state index in [0.717, 1.165) is 11.9 Å². The molecule has 31 heavy (non-hydrogen) atoms. The molecule has 0 radical (unpaired) electrons. The first-order valence-electron chi connectivity index (χ1n) is 8.84. The van der Waals surface area contributed by atoms with Gasteiger partial charge in [0.25, 0.3) is 5.91 Å². The van der Waals surface area contributed by atoms with E-state index in [-0.39, 0.29) is 23.6 Å². The SMILES string of the molecule is O=C(Cc1ccccc1)NNc1ncnc(NNC(=O)c2ccc(Cl)cc2)c1[N+](=O)[O-]. The Hall–Kier alpha value is -4.25. The summed E-state index contributed by atoms with van der Waals surface area (Å²) in [5, 5.41) is 12.0. The molecule has 158 valence electrons.